The maximum absolute atomic E-state index is 13.0. The molecule has 0 spiro atoms. The summed E-state index contributed by atoms with van der Waals surface area (Å²) in [7, 11) is -0.423. The van der Waals surface area contributed by atoms with Crippen LogP contribution in [-0.2, 0) is 40.9 Å². The fourth-order valence-electron chi connectivity index (χ4n) is 14.6. The summed E-state index contributed by atoms with van der Waals surface area (Å²) in [6.07, 6.45) is 12.6. The van der Waals surface area contributed by atoms with Crippen LogP contribution < -0.4 is 9.47 Å². The van der Waals surface area contributed by atoms with E-state index in [4.69, 9.17) is 18.9 Å². The quantitative estimate of drug-likeness (QED) is 0.0800. The zero-order valence-electron chi connectivity index (χ0n) is 43.3. The van der Waals surface area contributed by atoms with Crippen LogP contribution in [0.25, 0.3) is 0 Å². The van der Waals surface area contributed by atoms with Crippen molar-refractivity contribution in [3.63, 3.8) is 0 Å². The average molecular weight is 1010 g/mol. The molecule has 0 heterocycles. The summed E-state index contributed by atoms with van der Waals surface area (Å²) in [5, 5.41) is 0. The van der Waals surface area contributed by atoms with Crippen molar-refractivity contribution in [1.82, 2.24) is 0 Å². The molecule has 0 unspecified atom stereocenters. The van der Waals surface area contributed by atoms with Crippen molar-refractivity contribution in [2.45, 2.75) is 139 Å². The van der Waals surface area contributed by atoms with Crippen molar-refractivity contribution in [2.75, 3.05) is 13.2 Å². The van der Waals surface area contributed by atoms with Gasteiger partial charge in [0.1, 0.15) is 22.7 Å². The number of ether oxygens (including phenoxy) is 4. The van der Waals surface area contributed by atoms with Crippen LogP contribution in [0.3, 0.4) is 0 Å². The van der Waals surface area contributed by atoms with Gasteiger partial charge in [-0.15, -0.1) is 0 Å². The van der Waals surface area contributed by atoms with Gasteiger partial charge in [-0.3, -0.25) is 0 Å². The highest BCUT2D eigenvalue weighted by Gasteiger charge is 2.58. The molecule has 0 radical (unpaired) electrons. The van der Waals surface area contributed by atoms with Crippen LogP contribution >= 0.6 is 0 Å². The predicted octanol–water partition coefficient (Wildman–Crippen LogP) is 14.8. The number of benzene rings is 6. The van der Waals surface area contributed by atoms with Gasteiger partial charge in [0.15, 0.2) is 42.6 Å². The third-order valence-corrected chi connectivity index (χ3v) is 22.4. The summed E-state index contributed by atoms with van der Waals surface area (Å²) >= 11 is 0. The Hall–Kier alpha value is -5.44. The molecule has 0 aliphatic heterocycles. The number of carbonyl (C=O) groups excluding carboxylic acids is 2. The third-order valence-electron chi connectivity index (χ3n) is 17.8. The highest BCUT2D eigenvalue weighted by Crippen LogP contribution is 2.61. The summed E-state index contributed by atoms with van der Waals surface area (Å²) in [4.78, 5) is 33.6. The molecule has 0 amide bonds. The van der Waals surface area contributed by atoms with Crippen LogP contribution in [0.1, 0.15) is 94.7 Å². The maximum atomic E-state index is 13.0. The minimum absolute atomic E-state index is 0.0357. The smallest absolute Gasteiger partial charge is 0.344 e. The Kier molecular flexibility index (Phi) is 14.4. The lowest BCUT2D eigenvalue weighted by atomic mass is 9.50. The summed E-state index contributed by atoms with van der Waals surface area (Å²) in [5.74, 6) is 6.54. The molecule has 0 atom stereocenters. The molecule has 8 fully saturated rings. The number of rotatable bonds is 14. The fraction of sp³-hybridized carbons (Fsp3) is 0.415. The Balaban J connectivity index is 0.000000157. The van der Waals surface area contributed by atoms with Crippen molar-refractivity contribution in [3.05, 3.63) is 168 Å². The Morgan fingerprint density at radius 1 is 0.425 bits per heavy atom. The number of hydrogen-bond donors (Lipinski definition) is 0. The van der Waals surface area contributed by atoms with E-state index in [0.29, 0.717) is 29.4 Å². The van der Waals surface area contributed by atoms with Gasteiger partial charge < -0.3 is 18.9 Å². The normalized spacial score (nSPS) is 28.1. The molecule has 0 saturated heterocycles. The van der Waals surface area contributed by atoms with Gasteiger partial charge in [0, 0.05) is 17.7 Å². The highest BCUT2D eigenvalue weighted by molar-refractivity contribution is 7.97. The topological polar surface area (TPSA) is 71.1 Å². The summed E-state index contributed by atoms with van der Waals surface area (Å²) in [6.45, 7) is 10.6. The molecule has 8 saturated carbocycles. The van der Waals surface area contributed by atoms with Crippen molar-refractivity contribution in [2.24, 2.45) is 47.3 Å². The van der Waals surface area contributed by atoms with Gasteiger partial charge >= 0.3 is 11.9 Å². The largest absolute Gasteiger partial charge is 0.482 e. The van der Waals surface area contributed by atoms with Gasteiger partial charge in [-0.1, -0.05) is 72.8 Å². The second kappa shape index (κ2) is 21.1. The average Bonchev–Trinajstić information content (AvgIpc) is 3.38. The van der Waals surface area contributed by atoms with Crippen LogP contribution in [0, 0.1) is 68.1 Å². The van der Waals surface area contributed by atoms with Crippen molar-refractivity contribution >= 4 is 33.7 Å². The Labute approximate surface area is 439 Å². The SMILES string of the molecule is Cc1cc(OCC(=O)OC2(C)C3CC4CC(C3)CC2C4)ccc1[S+](c1ccccc1)c1ccccc1.Cc1cc([S+](c2ccccc2)c2ccccc2)cc(C)c1OCC(=O)OC1(C)C2CC3CC(C2)CC1C3. The van der Waals surface area contributed by atoms with Gasteiger partial charge in [0.2, 0.25) is 0 Å². The third kappa shape index (κ3) is 10.4. The maximum Gasteiger partial charge on any atom is 0.344 e. The van der Waals surface area contributed by atoms with Crippen LogP contribution in [0.5, 0.6) is 11.5 Å². The van der Waals surface area contributed by atoms with Crippen LogP contribution in [0.2, 0.25) is 0 Å². The van der Waals surface area contributed by atoms with E-state index in [1.165, 1.54) is 93.6 Å². The first-order valence-corrected chi connectivity index (χ1v) is 29.4. The number of hydrogen-bond acceptors (Lipinski definition) is 6. The molecular weight excluding hydrogens is 941 g/mol. The standard InChI is InChI=1S/C33H37O3S.C32H35O3S/c1-22-14-30(37(28-10-6-4-7-11-28)29-12-8-5-9-13-29)15-23(2)32(22)35-21-31(34)36-33(3)26-17-24-16-25(19-26)20-27(33)18-24;1-22-15-27(13-14-30(22)36(28-9-5-3-6-10-28)29-11-7-4-8-12-29)34-21-31(33)35-32(2)25-17-23-16-24(19-25)20-26(32)18-23/h4-15,24-27H,16-21H2,1-3H3;3-15,23-26H,16-21H2,1-2H3/q2*+1. The first-order valence-electron chi connectivity index (χ1n) is 27.0. The molecule has 0 aromatic heterocycles. The summed E-state index contributed by atoms with van der Waals surface area (Å²) in [6, 6.07) is 53.3. The van der Waals surface area contributed by atoms with Gasteiger partial charge in [0.05, 0.1) is 21.8 Å². The molecule has 8 aliphatic rings. The number of carbonyl (C=O) groups is 2. The van der Waals surface area contributed by atoms with E-state index in [-0.39, 0.29) is 58.1 Å². The molecule has 0 N–H and O–H groups in total. The second-order valence-electron chi connectivity index (χ2n) is 22.7. The zero-order chi connectivity index (χ0) is 50.3. The van der Waals surface area contributed by atoms with Crippen LogP contribution in [0.4, 0.5) is 0 Å². The van der Waals surface area contributed by atoms with Gasteiger partial charge in [-0.25, -0.2) is 9.59 Å². The molecule has 8 bridgehead atoms. The Morgan fingerprint density at radius 2 is 0.781 bits per heavy atom. The van der Waals surface area contributed by atoms with E-state index in [2.05, 4.69) is 180 Å². The van der Waals surface area contributed by atoms with E-state index in [0.717, 1.165) is 46.1 Å². The van der Waals surface area contributed by atoms with E-state index in [1.807, 2.05) is 6.07 Å². The molecular formula is C65H72O6S2+2. The van der Waals surface area contributed by atoms with Crippen LogP contribution in [-0.4, -0.2) is 36.4 Å². The highest BCUT2D eigenvalue weighted by atomic mass is 32.2. The van der Waals surface area contributed by atoms with Crippen molar-refractivity contribution in [1.29, 1.82) is 0 Å². The van der Waals surface area contributed by atoms with Gasteiger partial charge in [-0.2, -0.15) is 0 Å². The summed E-state index contributed by atoms with van der Waals surface area (Å²) < 4.78 is 24.5. The molecule has 6 nitrogen and oxygen atoms in total. The molecule has 6 aromatic carbocycles. The zero-order valence-corrected chi connectivity index (χ0v) is 44.9. The van der Waals surface area contributed by atoms with Crippen molar-refractivity contribution < 1.29 is 28.5 Å². The second-order valence-corrected chi connectivity index (χ2v) is 26.7. The lowest BCUT2D eigenvalue weighted by Crippen LogP contribution is -2.58. The fourth-order valence-corrected chi connectivity index (χ4v) is 19.1. The minimum Gasteiger partial charge on any atom is -0.482 e. The molecule has 73 heavy (non-hydrogen) atoms. The molecule has 8 heteroatoms. The van der Waals surface area contributed by atoms with E-state index < -0.39 is 0 Å². The Bertz CT molecular complexity index is 2730. The van der Waals surface area contributed by atoms with Crippen LogP contribution in [0.15, 0.2) is 181 Å². The molecule has 6 aromatic rings. The van der Waals surface area contributed by atoms with E-state index in [1.54, 1.807) is 0 Å². The van der Waals surface area contributed by atoms with E-state index >= 15 is 0 Å². The minimum atomic E-state index is -0.318. The molecule has 378 valence electrons. The molecule has 8 aliphatic carbocycles. The summed E-state index contributed by atoms with van der Waals surface area (Å²) in [5.41, 5.74) is 2.63. The number of aryl methyl sites for hydroxylation is 3. The van der Waals surface area contributed by atoms with E-state index in [9.17, 15) is 9.59 Å². The predicted molar refractivity (Wildman–Crippen MR) is 291 cm³/mol. The van der Waals surface area contributed by atoms with Gasteiger partial charge in [0.25, 0.3) is 0 Å². The Morgan fingerprint density at radius 3 is 1.15 bits per heavy atom. The van der Waals surface area contributed by atoms with Crippen molar-refractivity contribution in [3.8, 4) is 11.5 Å². The number of esters is 2. The lowest BCUT2D eigenvalue weighted by Gasteiger charge is -2.59. The monoisotopic (exact) mass is 1010 g/mol. The van der Waals surface area contributed by atoms with Gasteiger partial charge in [-0.05, 0) is 224 Å². The molecule has 14 rings (SSSR count). The lowest BCUT2D eigenvalue weighted by molar-refractivity contribution is -0.205. The first kappa shape index (κ1) is 49.8. The first-order chi connectivity index (χ1) is 35.4.